The standard InChI is InChI=1S/C17H22OS/c18-12-4-3-5-15-8-10-17(11-9-15)14-19-13-16-6-1-2-7-16/h8-11,16,18H,1-2,4,6-7,12-14H2. The van der Waals surface area contributed by atoms with E-state index in [4.69, 9.17) is 5.11 Å². The van der Waals surface area contributed by atoms with E-state index in [0.29, 0.717) is 6.42 Å². The van der Waals surface area contributed by atoms with E-state index >= 15 is 0 Å². The van der Waals surface area contributed by atoms with Gasteiger partial charge >= 0.3 is 0 Å². The van der Waals surface area contributed by atoms with Crippen molar-refractivity contribution in [3.63, 3.8) is 0 Å². The smallest absolute Gasteiger partial charge is 0.0540 e. The van der Waals surface area contributed by atoms with Crippen molar-refractivity contribution < 1.29 is 5.11 Å². The number of benzene rings is 1. The van der Waals surface area contributed by atoms with Crippen molar-refractivity contribution in [3.8, 4) is 11.8 Å². The molecule has 1 N–H and O–H groups in total. The fraction of sp³-hybridized carbons (Fsp3) is 0.529. The van der Waals surface area contributed by atoms with Gasteiger partial charge in [-0.3, -0.25) is 0 Å². The van der Waals surface area contributed by atoms with E-state index < -0.39 is 0 Å². The topological polar surface area (TPSA) is 20.2 Å². The van der Waals surface area contributed by atoms with Gasteiger partial charge in [0.1, 0.15) is 0 Å². The van der Waals surface area contributed by atoms with Gasteiger partial charge in [-0.2, -0.15) is 11.8 Å². The summed E-state index contributed by atoms with van der Waals surface area (Å²) in [6.07, 6.45) is 6.30. The normalized spacial score (nSPS) is 15.2. The second kappa shape index (κ2) is 8.30. The summed E-state index contributed by atoms with van der Waals surface area (Å²) in [5.74, 6) is 9.40. The summed E-state index contributed by atoms with van der Waals surface area (Å²) in [6.45, 7) is 0.142. The second-order valence-electron chi connectivity index (χ2n) is 5.14. The van der Waals surface area contributed by atoms with Gasteiger partial charge in [0.25, 0.3) is 0 Å². The van der Waals surface area contributed by atoms with Gasteiger partial charge in [0.15, 0.2) is 0 Å². The van der Waals surface area contributed by atoms with E-state index in [9.17, 15) is 0 Å². The Balaban J connectivity index is 1.73. The Morgan fingerprint density at radius 2 is 1.89 bits per heavy atom. The average Bonchev–Trinajstić information content (AvgIpc) is 2.94. The van der Waals surface area contributed by atoms with Crippen LogP contribution in [-0.4, -0.2) is 17.5 Å². The van der Waals surface area contributed by atoms with Crippen LogP contribution in [0.15, 0.2) is 24.3 Å². The van der Waals surface area contributed by atoms with Gasteiger partial charge in [-0.25, -0.2) is 0 Å². The van der Waals surface area contributed by atoms with Crippen LogP contribution in [0.4, 0.5) is 0 Å². The first kappa shape index (κ1) is 14.5. The van der Waals surface area contributed by atoms with Crippen LogP contribution in [-0.2, 0) is 5.75 Å². The minimum absolute atomic E-state index is 0.142. The first-order valence-electron chi connectivity index (χ1n) is 7.15. The zero-order valence-corrected chi connectivity index (χ0v) is 12.2. The number of thioether (sulfide) groups is 1. The van der Waals surface area contributed by atoms with Crippen molar-refractivity contribution in [3.05, 3.63) is 35.4 Å². The molecule has 1 aromatic rings. The van der Waals surface area contributed by atoms with E-state index in [-0.39, 0.29) is 6.61 Å². The Morgan fingerprint density at radius 3 is 2.58 bits per heavy atom. The number of rotatable bonds is 5. The molecule has 0 spiro atoms. The molecular weight excluding hydrogens is 252 g/mol. The summed E-state index contributed by atoms with van der Waals surface area (Å²) >= 11 is 2.06. The fourth-order valence-corrected chi connectivity index (χ4v) is 3.64. The summed E-state index contributed by atoms with van der Waals surface area (Å²) in [7, 11) is 0. The van der Waals surface area contributed by atoms with E-state index in [2.05, 4.69) is 47.9 Å². The summed E-state index contributed by atoms with van der Waals surface area (Å²) in [6, 6.07) is 8.50. The molecule has 1 aromatic carbocycles. The maximum absolute atomic E-state index is 8.67. The monoisotopic (exact) mass is 274 g/mol. The molecule has 0 bridgehead atoms. The molecule has 1 aliphatic rings. The first-order chi connectivity index (χ1) is 9.38. The van der Waals surface area contributed by atoms with Crippen LogP contribution in [0.5, 0.6) is 0 Å². The van der Waals surface area contributed by atoms with Gasteiger partial charge in [0.2, 0.25) is 0 Å². The quantitative estimate of drug-likeness (QED) is 0.823. The molecule has 0 atom stereocenters. The molecule has 1 nitrogen and oxygen atoms in total. The molecule has 1 saturated carbocycles. The van der Waals surface area contributed by atoms with E-state index in [1.807, 2.05) is 0 Å². The lowest BCUT2D eigenvalue weighted by Gasteiger charge is -2.08. The number of aliphatic hydroxyl groups excluding tert-OH is 1. The molecule has 0 amide bonds. The molecule has 0 aromatic heterocycles. The van der Waals surface area contributed by atoms with E-state index in [0.717, 1.165) is 17.2 Å². The van der Waals surface area contributed by atoms with Gasteiger partial charge in [-0.1, -0.05) is 36.8 Å². The molecule has 2 rings (SSSR count). The molecule has 1 aliphatic carbocycles. The van der Waals surface area contributed by atoms with Gasteiger partial charge in [-0.05, 0) is 42.2 Å². The molecule has 0 radical (unpaired) electrons. The summed E-state index contributed by atoms with van der Waals surface area (Å²) in [5.41, 5.74) is 2.42. The molecule has 2 heteroatoms. The van der Waals surface area contributed by atoms with Crippen molar-refractivity contribution in [1.29, 1.82) is 0 Å². The molecule has 0 saturated heterocycles. The predicted molar refractivity (Wildman–Crippen MR) is 83.1 cm³/mol. The highest BCUT2D eigenvalue weighted by Gasteiger charge is 2.14. The summed E-state index contributed by atoms with van der Waals surface area (Å²) in [4.78, 5) is 0. The Bertz CT molecular complexity index is 421. The summed E-state index contributed by atoms with van der Waals surface area (Å²) in [5, 5.41) is 8.67. The third-order valence-corrected chi connectivity index (χ3v) is 4.77. The number of hydrogen-bond acceptors (Lipinski definition) is 2. The molecule has 0 unspecified atom stereocenters. The second-order valence-corrected chi connectivity index (χ2v) is 6.17. The minimum atomic E-state index is 0.142. The fourth-order valence-electron chi connectivity index (χ4n) is 2.43. The zero-order chi connectivity index (χ0) is 13.3. The van der Waals surface area contributed by atoms with Crippen LogP contribution in [0.25, 0.3) is 0 Å². The Kier molecular flexibility index (Phi) is 6.33. The Morgan fingerprint density at radius 1 is 1.16 bits per heavy atom. The SMILES string of the molecule is OCCC#Cc1ccc(CSCC2CCCC2)cc1. The lowest BCUT2D eigenvalue weighted by molar-refractivity contribution is 0.305. The lowest BCUT2D eigenvalue weighted by atomic mass is 10.1. The summed E-state index contributed by atoms with van der Waals surface area (Å²) < 4.78 is 0. The molecule has 0 heterocycles. The number of aliphatic hydroxyl groups is 1. The Labute approximate surface area is 120 Å². The average molecular weight is 274 g/mol. The van der Waals surface area contributed by atoms with Gasteiger partial charge < -0.3 is 5.11 Å². The van der Waals surface area contributed by atoms with Crippen LogP contribution < -0.4 is 0 Å². The predicted octanol–water partition coefficient (Wildman–Crippen LogP) is 3.84. The van der Waals surface area contributed by atoms with Crippen molar-refractivity contribution >= 4 is 11.8 Å². The highest BCUT2D eigenvalue weighted by molar-refractivity contribution is 7.98. The van der Waals surface area contributed by atoms with Crippen LogP contribution in [0, 0.1) is 17.8 Å². The first-order valence-corrected chi connectivity index (χ1v) is 8.30. The van der Waals surface area contributed by atoms with Crippen molar-refractivity contribution in [2.24, 2.45) is 5.92 Å². The van der Waals surface area contributed by atoms with Crippen LogP contribution in [0.2, 0.25) is 0 Å². The van der Waals surface area contributed by atoms with Gasteiger partial charge in [0.05, 0.1) is 6.61 Å². The van der Waals surface area contributed by atoms with Crippen LogP contribution in [0.3, 0.4) is 0 Å². The highest BCUT2D eigenvalue weighted by atomic mass is 32.2. The molecule has 0 aliphatic heterocycles. The number of hydrogen-bond donors (Lipinski definition) is 1. The van der Waals surface area contributed by atoms with Crippen LogP contribution >= 0.6 is 11.8 Å². The zero-order valence-electron chi connectivity index (χ0n) is 11.4. The molecule has 1 fully saturated rings. The maximum Gasteiger partial charge on any atom is 0.0540 e. The molecular formula is C17H22OS. The van der Waals surface area contributed by atoms with Gasteiger partial charge in [-0.15, -0.1) is 0 Å². The third-order valence-electron chi connectivity index (χ3n) is 3.52. The van der Waals surface area contributed by atoms with Crippen LogP contribution in [0.1, 0.15) is 43.2 Å². The lowest BCUT2D eigenvalue weighted by Crippen LogP contribution is -1.96. The molecule has 19 heavy (non-hydrogen) atoms. The van der Waals surface area contributed by atoms with Crippen molar-refractivity contribution in [2.45, 2.75) is 37.9 Å². The van der Waals surface area contributed by atoms with Gasteiger partial charge in [0, 0.05) is 17.7 Å². The largest absolute Gasteiger partial charge is 0.395 e. The minimum Gasteiger partial charge on any atom is -0.395 e. The van der Waals surface area contributed by atoms with Crippen molar-refractivity contribution in [2.75, 3.05) is 12.4 Å². The maximum atomic E-state index is 8.67. The Hall–Kier alpha value is -0.910. The highest BCUT2D eigenvalue weighted by Crippen LogP contribution is 2.28. The van der Waals surface area contributed by atoms with Crippen molar-refractivity contribution in [1.82, 2.24) is 0 Å². The van der Waals surface area contributed by atoms with E-state index in [1.165, 1.54) is 37.0 Å². The molecule has 102 valence electrons. The van der Waals surface area contributed by atoms with E-state index in [1.54, 1.807) is 0 Å². The third kappa shape index (κ3) is 5.30.